The Morgan fingerprint density at radius 1 is 1.21 bits per heavy atom. The molecule has 0 bridgehead atoms. The summed E-state index contributed by atoms with van der Waals surface area (Å²) in [6, 6.07) is 13.2. The lowest BCUT2D eigenvalue weighted by Gasteiger charge is -2.17. The summed E-state index contributed by atoms with van der Waals surface area (Å²) in [4.78, 5) is 0. The Hall–Kier alpha value is -0.740. The van der Waals surface area contributed by atoms with Crippen LogP contribution in [0.15, 0.2) is 36.4 Å². The van der Waals surface area contributed by atoms with Crippen LogP contribution in [0.2, 0.25) is 5.02 Å². The minimum atomic E-state index is 0.421. The first-order chi connectivity index (χ1) is 9.13. The number of hydrogen-bond acceptors (Lipinski definition) is 1. The van der Waals surface area contributed by atoms with Crippen LogP contribution in [0.1, 0.15) is 29.2 Å². The van der Waals surface area contributed by atoms with Gasteiger partial charge in [0.05, 0.1) is 6.04 Å². The van der Waals surface area contributed by atoms with E-state index in [4.69, 9.17) is 11.6 Å². The van der Waals surface area contributed by atoms with Crippen molar-refractivity contribution >= 4 is 39.9 Å². The monoisotopic (exact) mass is 383 g/mol. The van der Waals surface area contributed by atoms with Gasteiger partial charge in [0, 0.05) is 14.3 Å². The third-order valence-electron chi connectivity index (χ3n) is 3.64. The molecule has 0 spiro atoms. The highest BCUT2D eigenvalue weighted by Crippen LogP contribution is 2.35. The first-order valence-corrected chi connectivity index (χ1v) is 7.90. The molecule has 0 amide bonds. The van der Waals surface area contributed by atoms with Gasteiger partial charge in [-0.3, -0.25) is 0 Å². The van der Waals surface area contributed by atoms with Crippen molar-refractivity contribution < 1.29 is 0 Å². The second-order valence-electron chi connectivity index (χ2n) is 5.06. The third-order valence-corrected chi connectivity index (χ3v) is 4.77. The topological polar surface area (TPSA) is 12.0 Å². The predicted molar refractivity (Wildman–Crippen MR) is 90.0 cm³/mol. The van der Waals surface area contributed by atoms with E-state index in [1.54, 1.807) is 0 Å². The highest BCUT2D eigenvalue weighted by molar-refractivity contribution is 14.1. The molecule has 0 heterocycles. The van der Waals surface area contributed by atoms with Crippen LogP contribution in [0, 0.1) is 10.5 Å². The van der Waals surface area contributed by atoms with Crippen molar-refractivity contribution in [2.24, 2.45) is 0 Å². The van der Waals surface area contributed by atoms with Gasteiger partial charge >= 0.3 is 0 Å². The number of rotatable bonds is 2. The largest absolute Gasteiger partial charge is 0.377 e. The molecule has 0 saturated heterocycles. The van der Waals surface area contributed by atoms with Crippen LogP contribution in [0.4, 0.5) is 5.69 Å². The maximum atomic E-state index is 6.00. The van der Waals surface area contributed by atoms with Crippen LogP contribution < -0.4 is 5.32 Å². The average Bonchev–Trinajstić information content (AvgIpc) is 2.75. The van der Waals surface area contributed by atoms with Crippen LogP contribution in [0.3, 0.4) is 0 Å². The normalized spacial score (nSPS) is 17.3. The van der Waals surface area contributed by atoms with Gasteiger partial charge in [-0.25, -0.2) is 0 Å². The molecule has 0 radical (unpaired) electrons. The van der Waals surface area contributed by atoms with Gasteiger partial charge in [-0.2, -0.15) is 0 Å². The first-order valence-electron chi connectivity index (χ1n) is 6.44. The lowest BCUT2D eigenvalue weighted by atomic mass is 10.0. The molecular formula is C16H15ClIN. The number of hydrogen-bond donors (Lipinski definition) is 1. The Bertz CT molecular complexity index is 624. The predicted octanol–water partition coefficient (Wildman–Crippen LogP) is 5.35. The highest BCUT2D eigenvalue weighted by Gasteiger charge is 2.22. The minimum absolute atomic E-state index is 0.421. The zero-order valence-electron chi connectivity index (χ0n) is 10.7. The Labute approximate surface area is 132 Å². The second-order valence-corrected chi connectivity index (χ2v) is 6.66. The van der Waals surface area contributed by atoms with Crippen molar-refractivity contribution in [3.05, 3.63) is 61.7 Å². The van der Waals surface area contributed by atoms with Gasteiger partial charge in [0.25, 0.3) is 0 Å². The molecule has 0 aromatic heterocycles. The number of aryl methyl sites for hydroxylation is 2. The molecule has 1 atom stereocenters. The molecule has 1 nitrogen and oxygen atoms in total. The molecule has 1 N–H and O–H groups in total. The van der Waals surface area contributed by atoms with Crippen LogP contribution in [-0.2, 0) is 6.42 Å². The zero-order valence-corrected chi connectivity index (χ0v) is 13.6. The summed E-state index contributed by atoms with van der Waals surface area (Å²) in [5.74, 6) is 0. The van der Waals surface area contributed by atoms with E-state index in [1.165, 1.54) is 25.9 Å². The van der Waals surface area contributed by atoms with Crippen molar-refractivity contribution in [3.8, 4) is 0 Å². The Morgan fingerprint density at radius 2 is 2.05 bits per heavy atom. The van der Waals surface area contributed by atoms with Crippen molar-refractivity contribution in [2.45, 2.75) is 25.8 Å². The zero-order chi connectivity index (χ0) is 13.4. The quantitative estimate of drug-likeness (QED) is 0.689. The van der Waals surface area contributed by atoms with Crippen LogP contribution in [0.25, 0.3) is 0 Å². The molecular weight excluding hydrogens is 369 g/mol. The van der Waals surface area contributed by atoms with Gasteiger partial charge in [0.1, 0.15) is 0 Å². The van der Waals surface area contributed by atoms with E-state index in [0.29, 0.717) is 6.04 Å². The summed E-state index contributed by atoms with van der Waals surface area (Å²) in [7, 11) is 0. The van der Waals surface area contributed by atoms with E-state index in [2.05, 4.69) is 59.1 Å². The van der Waals surface area contributed by atoms with Crippen molar-refractivity contribution in [1.82, 2.24) is 0 Å². The molecule has 3 heteroatoms. The fraction of sp³-hybridized carbons (Fsp3) is 0.250. The summed E-state index contributed by atoms with van der Waals surface area (Å²) in [5.41, 5.74) is 5.43. The standard InChI is InChI=1S/C16H15ClIN/c1-10-2-3-11-4-6-15(13(11)8-10)19-16-7-5-12(17)9-14(16)18/h2-3,5,7-9,15,19H,4,6H2,1H3. The van der Waals surface area contributed by atoms with Gasteiger partial charge in [0.15, 0.2) is 0 Å². The molecule has 0 fully saturated rings. The summed E-state index contributed by atoms with van der Waals surface area (Å²) in [6.07, 6.45) is 2.33. The number of fused-ring (bicyclic) bond motifs is 1. The minimum Gasteiger partial charge on any atom is -0.377 e. The number of nitrogens with one attached hydrogen (secondary N) is 1. The molecule has 19 heavy (non-hydrogen) atoms. The van der Waals surface area contributed by atoms with E-state index in [9.17, 15) is 0 Å². The van der Waals surface area contributed by atoms with Gasteiger partial charge in [-0.05, 0) is 71.7 Å². The fourth-order valence-electron chi connectivity index (χ4n) is 2.67. The molecule has 2 aromatic rings. The molecule has 0 aliphatic heterocycles. The summed E-state index contributed by atoms with van der Waals surface area (Å²) < 4.78 is 1.17. The number of anilines is 1. The Morgan fingerprint density at radius 3 is 2.84 bits per heavy atom. The van der Waals surface area contributed by atoms with Crippen molar-refractivity contribution in [1.29, 1.82) is 0 Å². The highest BCUT2D eigenvalue weighted by atomic mass is 127. The van der Waals surface area contributed by atoms with E-state index in [0.717, 1.165) is 17.9 Å². The lowest BCUT2D eigenvalue weighted by Crippen LogP contribution is -2.08. The van der Waals surface area contributed by atoms with Gasteiger partial charge < -0.3 is 5.32 Å². The molecule has 0 saturated carbocycles. The van der Waals surface area contributed by atoms with Gasteiger partial charge in [-0.1, -0.05) is 35.4 Å². The molecule has 1 aliphatic carbocycles. The van der Waals surface area contributed by atoms with Gasteiger partial charge in [0.2, 0.25) is 0 Å². The van der Waals surface area contributed by atoms with Crippen molar-refractivity contribution in [2.75, 3.05) is 5.32 Å². The van der Waals surface area contributed by atoms with E-state index >= 15 is 0 Å². The number of halogens is 2. The van der Waals surface area contributed by atoms with Crippen molar-refractivity contribution in [3.63, 3.8) is 0 Å². The van der Waals surface area contributed by atoms with Crippen LogP contribution in [0.5, 0.6) is 0 Å². The SMILES string of the molecule is Cc1ccc2c(c1)C(Nc1ccc(Cl)cc1I)CC2. The molecule has 1 unspecified atom stereocenters. The molecule has 1 aliphatic rings. The van der Waals surface area contributed by atoms with E-state index < -0.39 is 0 Å². The third kappa shape index (κ3) is 2.75. The maximum absolute atomic E-state index is 6.00. The van der Waals surface area contributed by atoms with E-state index in [1.807, 2.05) is 12.1 Å². The molecule has 2 aromatic carbocycles. The molecule has 98 valence electrons. The number of benzene rings is 2. The fourth-order valence-corrected chi connectivity index (χ4v) is 3.69. The molecule has 3 rings (SSSR count). The Kier molecular flexibility index (Phi) is 3.72. The maximum Gasteiger partial charge on any atom is 0.0520 e. The summed E-state index contributed by atoms with van der Waals surface area (Å²) in [6.45, 7) is 2.15. The summed E-state index contributed by atoms with van der Waals surface area (Å²) >= 11 is 8.33. The second kappa shape index (κ2) is 5.33. The van der Waals surface area contributed by atoms with Crippen LogP contribution >= 0.6 is 34.2 Å². The lowest BCUT2D eigenvalue weighted by molar-refractivity contribution is 0.761. The smallest absolute Gasteiger partial charge is 0.0520 e. The first kappa shape index (κ1) is 13.3. The average molecular weight is 384 g/mol. The summed E-state index contributed by atoms with van der Waals surface area (Å²) in [5, 5.41) is 4.44. The van der Waals surface area contributed by atoms with Crippen LogP contribution in [-0.4, -0.2) is 0 Å². The Balaban J connectivity index is 1.88. The van der Waals surface area contributed by atoms with E-state index in [-0.39, 0.29) is 0 Å². The van der Waals surface area contributed by atoms with Gasteiger partial charge in [-0.15, -0.1) is 0 Å².